The molecule has 0 saturated heterocycles. The van der Waals surface area contributed by atoms with Crippen molar-refractivity contribution in [1.82, 2.24) is 10.6 Å². The third kappa shape index (κ3) is 5.19. The third-order valence-corrected chi connectivity index (χ3v) is 3.49. The SMILES string of the molecule is CCNC(=NCCC1CC1)NCCc1ccccc1F. The van der Waals surface area contributed by atoms with Crippen LogP contribution in [0.3, 0.4) is 0 Å². The molecule has 2 N–H and O–H groups in total. The minimum absolute atomic E-state index is 0.134. The average Bonchev–Trinajstić information content (AvgIpc) is 3.25. The smallest absolute Gasteiger partial charge is 0.191 e. The number of aliphatic imine (C=N–C) groups is 1. The quantitative estimate of drug-likeness (QED) is 0.594. The number of nitrogens with zero attached hydrogens (tertiary/aromatic N) is 1. The number of guanidine groups is 1. The largest absolute Gasteiger partial charge is 0.357 e. The summed E-state index contributed by atoms with van der Waals surface area (Å²) in [5, 5.41) is 6.49. The molecule has 1 aliphatic carbocycles. The van der Waals surface area contributed by atoms with E-state index in [2.05, 4.69) is 22.5 Å². The Morgan fingerprint density at radius 2 is 2.10 bits per heavy atom. The normalized spacial score (nSPS) is 15.2. The van der Waals surface area contributed by atoms with E-state index in [4.69, 9.17) is 0 Å². The maximum Gasteiger partial charge on any atom is 0.191 e. The van der Waals surface area contributed by atoms with Gasteiger partial charge in [-0.25, -0.2) is 4.39 Å². The molecule has 4 heteroatoms. The Labute approximate surface area is 120 Å². The first-order valence-electron chi connectivity index (χ1n) is 7.55. The summed E-state index contributed by atoms with van der Waals surface area (Å²) in [5.74, 6) is 1.61. The van der Waals surface area contributed by atoms with Gasteiger partial charge in [0.2, 0.25) is 0 Å². The maximum absolute atomic E-state index is 13.5. The summed E-state index contributed by atoms with van der Waals surface area (Å²) in [6.07, 6.45) is 4.59. The fourth-order valence-electron chi connectivity index (χ4n) is 2.12. The molecule has 20 heavy (non-hydrogen) atoms. The van der Waals surface area contributed by atoms with Crippen LogP contribution in [0.15, 0.2) is 29.3 Å². The second-order valence-electron chi connectivity index (χ2n) is 5.26. The number of halogens is 1. The topological polar surface area (TPSA) is 36.4 Å². The molecular weight excluding hydrogens is 253 g/mol. The Morgan fingerprint density at radius 1 is 1.30 bits per heavy atom. The molecule has 0 spiro atoms. The molecule has 1 aromatic rings. The zero-order chi connectivity index (χ0) is 14.2. The van der Waals surface area contributed by atoms with Gasteiger partial charge in [0.05, 0.1) is 0 Å². The van der Waals surface area contributed by atoms with Gasteiger partial charge in [-0.15, -0.1) is 0 Å². The van der Waals surface area contributed by atoms with Gasteiger partial charge in [-0.3, -0.25) is 4.99 Å². The van der Waals surface area contributed by atoms with E-state index >= 15 is 0 Å². The minimum atomic E-state index is -0.134. The number of hydrogen-bond acceptors (Lipinski definition) is 1. The average molecular weight is 277 g/mol. The summed E-state index contributed by atoms with van der Waals surface area (Å²) >= 11 is 0. The molecule has 1 saturated carbocycles. The fraction of sp³-hybridized carbons (Fsp3) is 0.562. The summed E-state index contributed by atoms with van der Waals surface area (Å²) in [4.78, 5) is 4.55. The van der Waals surface area contributed by atoms with Crippen LogP contribution in [0.1, 0.15) is 31.7 Å². The first-order valence-corrected chi connectivity index (χ1v) is 7.55. The van der Waals surface area contributed by atoms with Gasteiger partial charge >= 0.3 is 0 Å². The van der Waals surface area contributed by atoms with Crippen LogP contribution >= 0.6 is 0 Å². The zero-order valence-electron chi connectivity index (χ0n) is 12.2. The number of rotatable bonds is 7. The minimum Gasteiger partial charge on any atom is -0.357 e. The molecule has 1 fully saturated rings. The van der Waals surface area contributed by atoms with Crippen LogP contribution < -0.4 is 10.6 Å². The Hall–Kier alpha value is -1.58. The lowest BCUT2D eigenvalue weighted by molar-refractivity contribution is 0.606. The van der Waals surface area contributed by atoms with Crippen LogP contribution in [0.2, 0.25) is 0 Å². The van der Waals surface area contributed by atoms with Gasteiger partial charge in [-0.05, 0) is 37.3 Å². The van der Waals surface area contributed by atoms with Crippen molar-refractivity contribution in [3.63, 3.8) is 0 Å². The molecule has 0 aliphatic heterocycles. The van der Waals surface area contributed by atoms with E-state index in [0.29, 0.717) is 13.0 Å². The van der Waals surface area contributed by atoms with E-state index in [1.165, 1.54) is 25.3 Å². The Kier molecular flexibility index (Phi) is 5.84. The highest BCUT2D eigenvalue weighted by atomic mass is 19.1. The lowest BCUT2D eigenvalue weighted by atomic mass is 10.1. The molecule has 0 aromatic heterocycles. The number of hydrogen-bond donors (Lipinski definition) is 2. The molecule has 1 aromatic carbocycles. The van der Waals surface area contributed by atoms with Gasteiger partial charge in [0.15, 0.2) is 5.96 Å². The predicted molar refractivity (Wildman–Crippen MR) is 81.4 cm³/mol. The van der Waals surface area contributed by atoms with Crippen LogP contribution in [0.4, 0.5) is 4.39 Å². The van der Waals surface area contributed by atoms with Gasteiger partial charge in [0.1, 0.15) is 5.82 Å². The van der Waals surface area contributed by atoms with Crippen LogP contribution in [0, 0.1) is 11.7 Å². The van der Waals surface area contributed by atoms with E-state index in [1.54, 1.807) is 6.07 Å². The van der Waals surface area contributed by atoms with E-state index in [9.17, 15) is 4.39 Å². The van der Waals surface area contributed by atoms with Gasteiger partial charge in [0.25, 0.3) is 0 Å². The van der Waals surface area contributed by atoms with Crippen molar-refractivity contribution >= 4 is 5.96 Å². The first-order chi connectivity index (χ1) is 9.79. The molecule has 0 bridgehead atoms. The lowest BCUT2D eigenvalue weighted by Crippen LogP contribution is -2.38. The van der Waals surface area contributed by atoms with Crippen molar-refractivity contribution in [3.05, 3.63) is 35.6 Å². The van der Waals surface area contributed by atoms with Gasteiger partial charge < -0.3 is 10.6 Å². The molecule has 0 atom stereocenters. The molecule has 1 aliphatic rings. The molecule has 0 amide bonds. The Bertz CT molecular complexity index is 441. The molecule has 0 heterocycles. The summed E-state index contributed by atoms with van der Waals surface area (Å²) in [7, 11) is 0. The van der Waals surface area contributed by atoms with Gasteiger partial charge in [-0.1, -0.05) is 31.0 Å². The van der Waals surface area contributed by atoms with Crippen LogP contribution in [-0.2, 0) is 6.42 Å². The lowest BCUT2D eigenvalue weighted by Gasteiger charge is -2.11. The first kappa shape index (κ1) is 14.8. The van der Waals surface area contributed by atoms with Crippen LogP contribution in [0.25, 0.3) is 0 Å². The van der Waals surface area contributed by atoms with Crippen molar-refractivity contribution < 1.29 is 4.39 Å². The second kappa shape index (κ2) is 7.88. The maximum atomic E-state index is 13.5. The van der Waals surface area contributed by atoms with Crippen molar-refractivity contribution in [2.75, 3.05) is 19.6 Å². The Balaban J connectivity index is 1.74. The number of benzene rings is 1. The highest BCUT2D eigenvalue weighted by Gasteiger charge is 2.20. The molecule has 0 unspecified atom stereocenters. The highest BCUT2D eigenvalue weighted by molar-refractivity contribution is 5.79. The summed E-state index contributed by atoms with van der Waals surface area (Å²) in [6.45, 7) is 4.46. The van der Waals surface area contributed by atoms with Crippen molar-refractivity contribution in [3.8, 4) is 0 Å². The monoisotopic (exact) mass is 277 g/mol. The van der Waals surface area contributed by atoms with E-state index in [0.717, 1.165) is 30.5 Å². The molecular formula is C16H24FN3. The predicted octanol–water partition coefficient (Wildman–Crippen LogP) is 2.72. The molecule has 2 rings (SSSR count). The van der Waals surface area contributed by atoms with Crippen molar-refractivity contribution in [1.29, 1.82) is 0 Å². The van der Waals surface area contributed by atoms with Gasteiger partial charge in [-0.2, -0.15) is 0 Å². The highest BCUT2D eigenvalue weighted by Crippen LogP contribution is 2.32. The van der Waals surface area contributed by atoms with Gasteiger partial charge in [0, 0.05) is 19.6 Å². The number of nitrogens with one attached hydrogen (secondary N) is 2. The van der Waals surface area contributed by atoms with E-state index < -0.39 is 0 Å². The summed E-state index contributed by atoms with van der Waals surface area (Å²) < 4.78 is 13.5. The van der Waals surface area contributed by atoms with E-state index in [1.807, 2.05) is 12.1 Å². The van der Waals surface area contributed by atoms with Crippen molar-refractivity contribution in [2.45, 2.75) is 32.6 Å². The summed E-state index contributed by atoms with van der Waals surface area (Å²) in [6, 6.07) is 6.92. The van der Waals surface area contributed by atoms with Crippen LogP contribution in [-0.4, -0.2) is 25.6 Å². The van der Waals surface area contributed by atoms with Crippen LogP contribution in [0.5, 0.6) is 0 Å². The molecule has 110 valence electrons. The Morgan fingerprint density at radius 3 is 2.80 bits per heavy atom. The van der Waals surface area contributed by atoms with E-state index in [-0.39, 0.29) is 5.82 Å². The van der Waals surface area contributed by atoms with Crippen molar-refractivity contribution in [2.24, 2.45) is 10.9 Å². The second-order valence-corrected chi connectivity index (χ2v) is 5.26. The third-order valence-electron chi connectivity index (χ3n) is 3.49. The standard InChI is InChI=1S/C16H24FN3/c1-2-18-16(19-11-9-13-7-8-13)20-12-10-14-5-3-4-6-15(14)17/h3-6,13H,2,7-12H2,1H3,(H2,18,19,20). The summed E-state index contributed by atoms with van der Waals surface area (Å²) in [5.41, 5.74) is 0.744. The molecule has 0 radical (unpaired) electrons. The zero-order valence-corrected chi connectivity index (χ0v) is 12.2. The molecule has 3 nitrogen and oxygen atoms in total. The fourth-order valence-corrected chi connectivity index (χ4v) is 2.12.